The standard InChI is InChI=1S/C20H26O5Si/c1-3-23-26(4-2,24-17-15-21-19-11-7-5-8-12-19)25-18-16-22-20-13-9-6-10-14-20/h4-14H,2-3,15-18H2,1H3. The first-order valence-corrected chi connectivity index (χ1v) is 10.5. The molecule has 2 aromatic carbocycles. The Kier molecular flexibility index (Phi) is 8.92. The normalized spacial score (nSPS) is 11.1. The van der Waals surface area contributed by atoms with Gasteiger partial charge in [0.1, 0.15) is 24.7 Å². The number of benzene rings is 2. The molecule has 0 aliphatic carbocycles. The van der Waals surface area contributed by atoms with E-state index in [2.05, 4.69) is 6.58 Å². The van der Waals surface area contributed by atoms with Crippen LogP contribution in [0.3, 0.4) is 0 Å². The van der Waals surface area contributed by atoms with E-state index in [-0.39, 0.29) is 0 Å². The largest absolute Gasteiger partial charge is 0.529 e. The van der Waals surface area contributed by atoms with Gasteiger partial charge in [-0.05, 0) is 36.9 Å². The Bertz CT molecular complexity index is 573. The van der Waals surface area contributed by atoms with Crippen LogP contribution in [0.25, 0.3) is 0 Å². The highest BCUT2D eigenvalue weighted by molar-refractivity contribution is 6.66. The Labute approximate surface area is 156 Å². The van der Waals surface area contributed by atoms with E-state index < -0.39 is 8.80 Å². The van der Waals surface area contributed by atoms with Gasteiger partial charge in [0.2, 0.25) is 0 Å². The Morgan fingerprint density at radius 1 is 0.731 bits per heavy atom. The molecule has 0 saturated carbocycles. The Morgan fingerprint density at radius 2 is 1.19 bits per heavy atom. The van der Waals surface area contributed by atoms with Gasteiger partial charge in [-0.15, -0.1) is 0 Å². The van der Waals surface area contributed by atoms with E-state index in [9.17, 15) is 0 Å². The maximum absolute atomic E-state index is 5.89. The van der Waals surface area contributed by atoms with E-state index in [1.54, 1.807) is 5.70 Å². The van der Waals surface area contributed by atoms with E-state index in [4.69, 9.17) is 22.8 Å². The van der Waals surface area contributed by atoms with E-state index in [1.807, 2.05) is 67.6 Å². The number of para-hydroxylation sites is 2. The van der Waals surface area contributed by atoms with Gasteiger partial charge in [0, 0.05) is 6.61 Å². The van der Waals surface area contributed by atoms with Crippen molar-refractivity contribution < 1.29 is 22.8 Å². The summed E-state index contributed by atoms with van der Waals surface area (Å²) in [5, 5.41) is 0. The number of ether oxygens (including phenoxy) is 2. The van der Waals surface area contributed by atoms with E-state index in [0.29, 0.717) is 33.0 Å². The fourth-order valence-electron chi connectivity index (χ4n) is 2.22. The molecule has 0 unspecified atom stereocenters. The van der Waals surface area contributed by atoms with Gasteiger partial charge in [0.25, 0.3) is 0 Å². The summed E-state index contributed by atoms with van der Waals surface area (Å²) in [6.07, 6.45) is 0. The first-order valence-electron chi connectivity index (χ1n) is 8.69. The summed E-state index contributed by atoms with van der Waals surface area (Å²) in [7, 11) is -2.94. The second-order valence-corrected chi connectivity index (χ2v) is 7.74. The van der Waals surface area contributed by atoms with Crippen molar-refractivity contribution in [3.63, 3.8) is 0 Å². The zero-order valence-electron chi connectivity index (χ0n) is 15.1. The molecule has 26 heavy (non-hydrogen) atoms. The number of hydrogen-bond donors (Lipinski definition) is 0. The maximum atomic E-state index is 5.89. The second kappa shape index (κ2) is 11.5. The first kappa shape index (κ1) is 20.2. The second-order valence-electron chi connectivity index (χ2n) is 5.26. The molecule has 140 valence electrons. The summed E-state index contributed by atoms with van der Waals surface area (Å²) in [4.78, 5) is 0. The number of rotatable bonds is 13. The third-order valence-electron chi connectivity index (χ3n) is 3.39. The highest BCUT2D eigenvalue weighted by Gasteiger charge is 2.37. The molecule has 0 fully saturated rings. The van der Waals surface area contributed by atoms with Crippen LogP contribution in [0.2, 0.25) is 0 Å². The van der Waals surface area contributed by atoms with Crippen molar-refractivity contribution in [1.29, 1.82) is 0 Å². The highest BCUT2D eigenvalue weighted by Crippen LogP contribution is 2.13. The summed E-state index contributed by atoms with van der Waals surface area (Å²) in [5.41, 5.74) is 1.64. The van der Waals surface area contributed by atoms with E-state index in [0.717, 1.165) is 11.5 Å². The SMILES string of the molecule is C=C[Si](OCC)(OCCOc1ccccc1)OCCOc1ccccc1. The first-order chi connectivity index (χ1) is 12.8. The molecule has 0 bridgehead atoms. The molecular weight excluding hydrogens is 348 g/mol. The molecule has 0 aliphatic heterocycles. The molecule has 0 amide bonds. The Morgan fingerprint density at radius 3 is 1.58 bits per heavy atom. The molecule has 0 spiro atoms. The molecule has 0 atom stereocenters. The van der Waals surface area contributed by atoms with Gasteiger partial charge in [-0.3, -0.25) is 0 Å². The summed E-state index contributed by atoms with van der Waals surface area (Å²) in [6, 6.07) is 19.2. The van der Waals surface area contributed by atoms with Gasteiger partial charge in [0.15, 0.2) is 0 Å². The zero-order valence-corrected chi connectivity index (χ0v) is 16.1. The van der Waals surface area contributed by atoms with Crippen molar-refractivity contribution in [3.05, 3.63) is 72.9 Å². The summed E-state index contributed by atoms with van der Waals surface area (Å²) in [6.45, 7) is 7.74. The fourth-order valence-corrected chi connectivity index (χ4v) is 3.96. The molecular formula is C20H26O5Si. The lowest BCUT2D eigenvalue weighted by Gasteiger charge is -2.26. The van der Waals surface area contributed by atoms with Crippen LogP contribution in [0, 0.1) is 0 Å². The maximum Gasteiger partial charge on any atom is 0.529 e. The third kappa shape index (κ3) is 7.01. The molecule has 0 aliphatic rings. The Balaban J connectivity index is 1.75. The average molecular weight is 375 g/mol. The molecule has 2 rings (SSSR count). The van der Waals surface area contributed by atoms with Gasteiger partial charge in [-0.2, -0.15) is 0 Å². The summed E-state index contributed by atoms with van der Waals surface area (Å²) >= 11 is 0. The fraction of sp³-hybridized carbons (Fsp3) is 0.300. The molecule has 0 saturated heterocycles. The monoisotopic (exact) mass is 374 g/mol. The van der Waals surface area contributed by atoms with Gasteiger partial charge in [0.05, 0.1) is 13.2 Å². The van der Waals surface area contributed by atoms with Crippen molar-refractivity contribution in [2.45, 2.75) is 6.92 Å². The van der Waals surface area contributed by atoms with Crippen LogP contribution in [0.4, 0.5) is 0 Å². The van der Waals surface area contributed by atoms with E-state index >= 15 is 0 Å². The van der Waals surface area contributed by atoms with Crippen LogP contribution in [0.5, 0.6) is 11.5 Å². The minimum Gasteiger partial charge on any atom is -0.491 e. The lowest BCUT2D eigenvalue weighted by atomic mass is 10.3. The summed E-state index contributed by atoms with van der Waals surface area (Å²) in [5.74, 6) is 1.60. The lowest BCUT2D eigenvalue weighted by molar-refractivity contribution is 0.0552. The van der Waals surface area contributed by atoms with Crippen LogP contribution in [-0.2, 0) is 13.3 Å². The quantitative estimate of drug-likeness (QED) is 0.393. The molecule has 0 heterocycles. The van der Waals surface area contributed by atoms with Crippen molar-refractivity contribution >= 4 is 8.80 Å². The molecule has 0 N–H and O–H groups in total. The zero-order chi connectivity index (χ0) is 18.5. The Hall–Kier alpha value is -2.12. The number of hydrogen-bond acceptors (Lipinski definition) is 5. The lowest BCUT2D eigenvalue weighted by Crippen LogP contribution is -2.46. The van der Waals surface area contributed by atoms with Crippen molar-refractivity contribution in [1.82, 2.24) is 0 Å². The van der Waals surface area contributed by atoms with Crippen molar-refractivity contribution in [3.8, 4) is 11.5 Å². The van der Waals surface area contributed by atoms with Crippen LogP contribution in [0.15, 0.2) is 72.9 Å². The van der Waals surface area contributed by atoms with Crippen LogP contribution < -0.4 is 9.47 Å². The highest BCUT2D eigenvalue weighted by atomic mass is 28.4. The minimum atomic E-state index is -2.94. The minimum absolute atomic E-state index is 0.354. The van der Waals surface area contributed by atoms with Crippen LogP contribution in [-0.4, -0.2) is 41.8 Å². The topological polar surface area (TPSA) is 46.2 Å². The smallest absolute Gasteiger partial charge is 0.491 e. The van der Waals surface area contributed by atoms with E-state index in [1.165, 1.54) is 0 Å². The van der Waals surface area contributed by atoms with Crippen molar-refractivity contribution in [2.24, 2.45) is 0 Å². The molecule has 5 nitrogen and oxygen atoms in total. The van der Waals surface area contributed by atoms with Crippen LogP contribution in [0.1, 0.15) is 6.92 Å². The van der Waals surface area contributed by atoms with Gasteiger partial charge >= 0.3 is 8.80 Å². The molecule has 6 heteroatoms. The third-order valence-corrected chi connectivity index (χ3v) is 5.80. The molecule has 2 aromatic rings. The summed E-state index contributed by atoms with van der Waals surface area (Å²) < 4.78 is 28.8. The molecule has 0 aromatic heterocycles. The van der Waals surface area contributed by atoms with Gasteiger partial charge in [-0.25, -0.2) is 0 Å². The van der Waals surface area contributed by atoms with Gasteiger partial charge in [-0.1, -0.05) is 43.0 Å². The van der Waals surface area contributed by atoms with Gasteiger partial charge < -0.3 is 22.8 Å². The van der Waals surface area contributed by atoms with Crippen molar-refractivity contribution in [2.75, 3.05) is 33.0 Å². The predicted molar refractivity (Wildman–Crippen MR) is 103 cm³/mol. The molecule has 0 radical (unpaired) electrons. The predicted octanol–water partition coefficient (Wildman–Crippen LogP) is 3.88. The van der Waals surface area contributed by atoms with Crippen LogP contribution >= 0.6 is 0 Å². The average Bonchev–Trinajstić information content (AvgIpc) is 2.70.